The highest BCUT2D eigenvalue weighted by atomic mass is 32.2. The Morgan fingerprint density at radius 1 is 1.19 bits per heavy atom. The summed E-state index contributed by atoms with van der Waals surface area (Å²) in [6.45, 7) is 7.28. The highest BCUT2D eigenvalue weighted by Gasteiger charge is 2.46. The number of thiol groups is 1. The SMILES string of the molecule is CC.CC1=CC(CC(=O)O)C=C(S(=O)N2C[C@@H]3CC2CN3c2cccc(F)c2)C=C1.CS. The summed E-state index contributed by atoms with van der Waals surface area (Å²) in [7, 11) is -1.34. The number of anilines is 1. The molecule has 8 heteroatoms. The fourth-order valence-electron chi connectivity index (χ4n) is 4.30. The van der Waals surface area contributed by atoms with Gasteiger partial charge < -0.3 is 10.0 Å². The molecule has 2 heterocycles. The number of rotatable bonds is 5. The predicted octanol–water partition coefficient (Wildman–Crippen LogP) is 4.82. The van der Waals surface area contributed by atoms with Gasteiger partial charge in [-0.15, -0.1) is 0 Å². The van der Waals surface area contributed by atoms with Crippen LogP contribution in [-0.4, -0.2) is 51.0 Å². The number of aliphatic carboxylic acids is 1. The van der Waals surface area contributed by atoms with E-state index in [9.17, 15) is 13.4 Å². The second-order valence-corrected chi connectivity index (χ2v) is 9.04. The number of hydrogen-bond donors (Lipinski definition) is 2. The summed E-state index contributed by atoms with van der Waals surface area (Å²) >= 11 is 3.53. The van der Waals surface area contributed by atoms with Crippen LogP contribution >= 0.6 is 12.6 Å². The first-order valence-corrected chi connectivity index (χ1v) is 12.9. The second kappa shape index (κ2) is 12.4. The van der Waals surface area contributed by atoms with Crippen LogP contribution in [0.5, 0.6) is 0 Å². The zero-order valence-electron chi connectivity index (χ0n) is 19.1. The van der Waals surface area contributed by atoms with Crippen LogP contribution in [0.4, 0.5) is 10.1 Å². The number of carboxylic acid groups (broad SMARTS) is 1. The quantitative estimate of drug-likeness (QED) is 0.594. The molecule has 32 heavy (non-hydrogen) atoms. The normalized spacial score (nSPS) is 24.9. The van der Waals surface area contributed by atoms with Crippen LogP contribution in [0.1, 0.15) is 33.6 Å². The standard InChI is InChI=1S/C21H23FN2O3S.C2H6.CH4S/c1-14-5-6-20(8-15(7-14)9-21(25)26)28(27)24-13-18-11-19(24)12-23(18)17-4-2-3-16(22)10-17;2*1-2/h2-8,10,15,18-19H,9,11-13H2,1H3,(H,25,26);1-2H3;2H,1H3/t15?,18-,19?,28?;;/m0../s1. The number of fused-ring (bicyclic) bond motifs is 2. The second-order valence-electron chi connectivity index (χ2n) is 7.60. The molecule has 0 radical (unpaired) electrons. The van der Waals surface area contributed by atoms with E-state index in [1.165, 1.54) is 6.07 Å². The molecule has 1 N–H and O–H groups in total. The maximum atomic E-state index is 13.6. The third kappa shape index (κ3) is 6.33. The molecule has 176 valence electrons. The van der Waals surface area contributed by atoms with Crippen LogP contribution in [0.2, 0.25) is 0 Å². The van der Waals surface area contributed by atoms with Crippen molar-refractivity contribution in [2.45, 2.75) is 45.7 Å². The van der Waals surface area contributed by atoms with Crippen molar-refractivity contribution in [2.75, 3.05) is 24.2 Å². The van der Waals surface area contributed by atoms with Gasteiger partial charge in [0.2, 0.25) is 0 Å². The number of hydrogen-bond acceptors (Lipinski definition) is 4. The van der Waals surface area contributed by atoms with Gasteiger partial charge in [0.1, 0.15) is 16.8 Å². The Labute approximate surface area is 198 Å². The minimum absolute atomic E-state index is 0.0148. The van der Waals surface area contributed by atoms with Gasteiger partial charge in [-0.3, -0.25) is 4.79 Å². The van der Waals surface area contributed by atoms with Gasteiger partial charge in [0.15, 0.2) is 0 Å². The van der Waals surface area contributed by atoms with E-state index in [-0.39, 0.29) is 30.2 Å². The lowest BCUT2D eigenvalue weighted by Crippen LogP contribution is -2.47. The van der Waals surface area contributed by atoms with Gasteiger partial charge >= 0.3 is 5.97 Å². The van der Waals surface area contributed by atoms with E-state index in [1.807, 2.05) is 55.4 Å². The molecule has 1 aromatic carbocycles. The van der Waals surface area contributed by atoms with Crippen molar-refractivity contribution in [1.82, 2.24) is 4.31 Å². The summed E-state index contributed by atoms with van der Waals surface area (Å²) in [5.41, 5.74) is 1.84. The molecule has 1 aliphatic carbocycles. The number of nitrogens with zero attached hydrogens (tertiary/aromatic N) is 2. The minimum atomic E-state index is -1.34. The van der Waals surface area contributed by atoms with E-state index in [2.05, 4.69) is 17.5 Å². The highest BCUT2D eigenvalue weighted by Crippen LogP contribution is 2.37. The Hall–Kier alpha value is -1.90. The summed E-state index contributed by atoms with van der Waals surface area (Å²) < 4.78 is 28.8. The van der Waals surface area contributed by atoms with E-state index < -0.39 is 17.0 Å². The summed E-state index contributed by atoms with van der Waals surface area (Å²) in [6.07, 6.45) is 10.0. The number of allylic oxidation sites excluding steroid dienone is 5. The van der Waals surface area contributed by atoms with Gasteiger partial charge in [-0.05, 0) is 43.9 Å². The molecule has 2 bridgehead atoms. The predicted molar refractivity (Wildman–Crippen MR) is 134 cm³/mol. The Morgan fingerprint density at radius 2 is 1.91 bits per heavy atom. The molecule has 5 nitrogen and oxygen atoms in total. The van der Waals surface area contributed by atoms with Crippen LogP contribution < -0.4 is 4.90 Å². The minimum Gasteiger partial charge on any atom is -0.481 e. The van der Waals surface area contributed by atoms with Crippen LogP contribution in [0, 0.1) is 11.7 Å². The van der Waals surface area contributed by atoms with Gasteiger partial charge in [0.25, 0.3) is 0 Å². The average Bonchev–Trinajstić information content (AvgIpc) is 3.34. The highest BCUT2D eigenvalue weighted by molar-refractivity contribution is 7.87. The summed E-state index contributed by atoms with van der Waals surface area (Å²) in [5.74, 6) is -1.39. The average molecular weight is 481 g/mol. The maximum Gasteiger partial charge on any atom is 0.304 e. The van der Waals surface area contributed by atoms with Crippen molar-refractivity contribution >= 4 is 35.3 Å². The molecule has 0 spiro atoms. The Morgan fingerprint density at radius 3 is 2.50 bits per heavy atom. The lowest BCUT2D eigenvalue weighted by Gasteiger charge is -2.35. The number of carbonyl (C=O) groups is 1. The fraction of sp³-hybridized carbons (Fsp3) is 0.458. The van der Waals surface area contributed by atoms with Crippen molar-refractivity contribution in [3.8, 4) is 0 Å². The fourth-order valence-corrected chi connectivity index (χ4v) is 5.77. The van der Waals surface area contributed by atoms with Crippen molar-refractivity contribution in [3.05, 3.63) is 64.9 Å². The lowest BCUT2D eigenvalue weighted by molar-refractivity contribution is -0.137. The molecule has 0 saturated carbocycles. The molecule has 2 saturated heterocycles. The molecule has 2 fully saturated rings. The first-order valence-electron chi connectivity index (χ1n) is 10.9. The van der Waals surface area contributed by atoms with Crippen LogP contribution in [0.25, 0.3) is 0 Å². The van der Waals surface area contributed by atoms with Gasteiger partial charge in [-0.1, -0.05) is 43.7 Å². The van der Waals surface area contributed by atoms with Crippen LogP contribution in [-0.2, 0) is 15.8 Å². The number of halogens is 1. The van der Waals surface area contributed by atoms with Crippen molar-refractivity contribution in [3.63, 3.8) is 0 Å². The molecule has 3 aliphatic rings. The molecule has 2 aliphatic heterocycles. The topological polar surface area (TPSA) is 60.9 Å². The van der Waals surface area contributed by atoms with E-state index in [4.69, 9.17) is 5.11 Å². The van der Waals surface area contributed by atoms with Crippen molar-refractivity contribution in [2.24, 2.45) is 5.92 Å². The zero-order chi connectivity index (χ0) is 23.8. The summed E-state index contributed by atoms with van der Waals surface area (Å²) in [5, 5.41) is 9.13. The summed E-state index contributed by atoms with van der Waals surface area (Å²) in [4.78, 5) is 14.0. The van der Waals surface area contributed by atoms with E-state index in [0.29, 0.717) is 18.0 Å². The van der Waals surface area contributed by atoms with Gasteiger partial charge in [0, 0.05) is 36.8 Å². The number of piperazine rings is 1. The zero-order valence-corrected chi connectivity index (χ0v) is 20.8. The third-order valence-electron chi connectivity index (χ3n) is 5.52. The first-order chi connectivity index (χ1) is 15.4. The molecule has 4 rings (SSSR count). The number of benzene rings is 1. The largest absolute Gasteiger partial charge is 0.481 e. The van der Waals surface area contributed by atoms with E-state index >= 15 is 0 Å². The molecule has 0 aromatic heterocycles. The Kier molecular flexibility index (Phi) is 10.2. The monoisotopic (exact) mass is 480 g/mol. The van der Waals surface area contributed by atoms with E-state index in [0.717, 1.165) is 17.7 Å². The smallest absolute Gasteiger partial charge is 0.304 e. The van der Waals surface area contributed by atoms with Crippen LogP contribution in [0.15, 0.2) is 59.0 Å². The van der Waals surface area contributed by atoms with Gasteiger partial charge in [-0.2, -0.15) is 12.6 Å². The molecule has 1 aromatic rings. The third-order valence-corrected chi connectivity index (χ3v) is 7.07. The van der Waals surface area contributed by atoms with Crippen molar-refractivity contribution in [1.29, 1.82) is 0 Å². The van der Waals surface area contributed by atoms with Crippen molar-refractivity contribution < 1.29 is 18.5 Å². The molecular weight excluding hydrogens is 447 g/mol. The van der Waals surface area contributed by atoms with Gasteiger partial charge in [0.05, 0.1) is 11.3 Å². The van der Waals surface area contributed by atoms with Crippen LogP contribution in [0.3, 0.4) is 0 Å². The Bertz CT molecular complexity index is 916. The first kappa shape index (κ1) is 26.4. The maximum absolute atomic E-state index is 13.6. The molecule has 0 amide bonds. The molecule has 3 unspecified atom stereocenters. The van der Waals surface area contributed by atoms with Gasteiger partial charge in [-0.25, -0.2) is 12.9 Å². The number of carboxylic acids is 1. The Balaban J connectivity index is 0.000000860. The van der Waals surface area contributed by atoms with E-state index in [1.54, 1.807) is 18.4 Å². The molecular formula is C24H33FN2O3S2. The molecule has 4 atom stereocenters. The lowest BCUT2D eigenvalue weighted by atomic mass is 10.0. The summed E-state index contributed by atoms with van der Waals surface area (Å²) in [6, 6.07) is 6.95.